The van der Waals surface area contributed by atoms with E-state index in [4.69, 9.17) is 9.47 Å². The molecule has 1 N–H and O–H groups in total. The van der Waals surface area contributed by atoms with Gasteiger partial charge in [-0.15, -0.1) is 0 Å². The fourth-order valence-electron chi connectivity index (χ4n) is 4.29. The molecule has 0 saturated carbocycles. The highest BCUT2D eigenvalue weighted by Gasteiger charge is 2.56. The molecule has 1 heterocycles. The average molecular weight is 493 g/mol. The van der Waals surface area contributed by atoms with E-state index in [1.165, 1.54) is 42.9 Å². The van der Waals surface area contributed by atoms with Crippen molar-refractivity contribution in [3.63, 3.8) is 0 Å². The van der Waals surface area contributed by atoms with Crippen LogP contribution in [0.15, 0.2) is 18.2 Å². The van der Waals surface area contributed by atoms with Crippen molar-refractivity contribution in [2.75, 3.05) is 39.8 Å². The molecule has 10 heteroatoms. The lowest BCUT2D eigenvalue weighted by Crippen LogP contribution is -2.56. The van der Waals surface area contributed by atoms with Gasteiger partial charge in [-0.05, 0) is 57.2 Å². The number of rotatable bonds is 6. The van der Waals surface area contributed by atoms with Crippen LogP contribution in [-0.2, 0) is 10.2 Å². The highest BCUT2D eigenvalue weighted by atomic mass is 19.4. The van der Waals surface area contributed by atoms with Crippen LogP contribution < -0.4 is 4.74 Å². The Kier molecular flexibility index (Phi) is 8.51. The van der Waals surface area contributed by atoms with Crippen molar-refractivity contribution in [2.24, 2.45) is 0 Å². The lowest BCUT2D eigenvalue weighted by atomic mass is 9.74. The van der Waals surface area contributed by atoms with E-state index < -0.39 is 47.7 Å². The molecule has 1 aromatic carbocycles. The zero-order valence-electron chi connectivity index (χ0n) is 20.8. The molecular weight excluding hydrogens is 456 g/mol. The van der Waals surface area contributed by atoms with E-state index in [-0.39, 0.29) is 30.9 Å². The summed E-state index contributed by atoms with van der Waals surface area (Å²) in [4.78, 5) is 15.3. The number of β-amino-alcohol motifs (C(OH)–C–C–N with tert-alkyl or cyclic N) is 1. The molecule has 0 radical (unpaired) electrons. The maximum Gasteiger partial charge on any atom is 0.418 e. The summed E-state index contributed by atoms with van der Waals surface area (Å²) in [5.74, 6) is -0.354. The van der Waals surface area contributed by atoms with E-state index in [0.29, 0.717) is 13.0 Å². The van der Waals surface area contributed by atoms with Crippen molar-refractivity contribution in [3.8, 4) is 5.75 Å². The van der Waals surface area contributed by atoms with Gasteiger partial charge in [0.2, 0.25) is 0 Å². The normalized spacial score (nSPS) is 18.3. The highest BCUT2D eigenvalue weighted by Crippen LogP contribution is 2.44. The Morgan fingerprint density at radius 1 is 1.06 bits per heavy atom. The number of ether oxygens (including phenoxy) is 2. The summed E-state index contributed by atoms with van der Waals surface area (Å²) in [5, 5.41) is 10.9. The highest BCUT2D eigenvalue weighted by molar-refractivity contribution is 5.68. The second-order valence-corrected chi connectivity index (χ2v) is 10.5. The maximum absolute atomic E-state index is 14.2. The second-order valence-electron chi connectivity index (χ2n) is 10.5. The minimum absolute atomic E-state index is 0.154. The predicted octanol–water partition coefficient (Wildman–Crippen LogP) is 4.74. The van der Waals surface area contributed by atoms with Crippen molar-refractivity contribution in [3.05, 3.63) is 29.6 Å². The first-order valence-corrected chi connectivity index (χ1v) is 11.3. The standard InChI is InChI=1S/C24H36F4N2O4/c1-21(2,3)34-20(31)30-11-7-10-29(12-13-30)16-23(32,24(26,27)28)15-22(4,5)18-14-17(25)8-9-19(18)33-6/h8-9,14,32H,7,10-13,15-16H2,1-6H3. The van der Waals surface area contributed by atoms with Crippen LogP contribution in [0.2, 0.25) is 0 Å². The van der Waals surface area contributed by atoms with Gasteiger partial charge in [-0.25, -0.2) is 9.18 Å². The molecule has 1 aliphatic rings. The van der Waals surface area contributed by atoms with Crippen LogP contribution in [0.3, 0.4) is 0 Å². The van der Waals surface area contributed by atoms with Crippen LogP contribution in [0.1, 0.15) is 53.0 Å². The van der Waals surface area contributed by atoms with Gasteiger partial charge in [0.15, 0.2) is 5.60 Å². The number of alkyl halides is 3. The van der Waals surface area contributed by atoms with Gasteiger partial charge in [-0.3, -0.25) is 4.90 Å². The largest absolute Gasteiger partial charge is 0.496 e. The Morgan fingerprint density at radius 3 is 2.26 bits per heavy atom. The van der Waals surface area contributed by atoms with Gasteiger partial charge in [0, 0.05) is 38.3 Å². The van der Waals surface area contributed by atoms with Crippen molar-refractivity contribution in [1.82, 2.24) is 9.80 Å². The molecule has 1 atom stereocenters. The first-order chi connectivity index (χ1) is 15.5. The van der Waals surface area contributed by atoms with Crippen molar-refractivity contribution in [2.45, 2.75) is 70.3 Å². The minimum atomic E-state index is -4.93. The summed E-state index contributed by atoms with van der Waals surface area (Å²) >= 11 is 0. The summed E-state index contributed by atoms with van der Waals surface area (Å²) < 4.78 is 67.1. The maximum atomic E-state index is 14.2. The third-order valence-electron chi connectivity index (χ3n) is 5.88. The monoisotopic (exact) mass is 492 g/mol. The van der Waals surface area contributed by atoms with E-state index in [0.717, 1.165) is 6.07 Å². The first kappa shape index (κ1) is 28.2. The number of benzene rings is 1. The Morgan fingerprint density at radius 2 is 1.71 bits per heavy atom. The van der Waals surface area contributed by atoms with Gasteiger partial charge < -0.3 is 19.5 Å². The quantitative estimate of drug-likeness (QED) is 0.582. The Labute approximate surface area is 198 Å². The van der Waals surface area contributed by atoms with Gasteiger partial charge in [0.1, 0.15) is 17.2 Å². The topological polar surface area (TPSA) is 62.2 Å². The lowest BCUT2D eigenvalue weighted by molar-refractivity contribution is -0.271. The Balaban J connectivity index is 2.21. The fourth-order valence-corrected chi connectivity index (χ4v) is 4.29. The van der Waals surface area contributed by atoms with Crippen LogP contribution in [0.25, 0.3) is 0 Å². The zero-order chi connectivity index (χ0) is 25.9. The zero-order valence-corrected chi connectivity index (χ0v) is 20.8. The molecule has 1 saturated heterocycles. The van der Waals surface area contributed by atoms with Crippen LogP contribution >= 0.6 is 0 Å². The SMILES string of the molecule is COc1ccc(F)cc1C(C)(C)CC(O)(CN1CCCN(C(=O)OC(C)(C)C)CC1)C(F)(F)F. The number of carbonyl (C=O) groups excluding carboxylic acids is 1. The van der Waals surface area contributed by atoms with Gasteiger partial charge in [0.25, 0.3) is 0 Å². The van der Waals surface area contributed by atoms with Crippen LogP contribution in [0, 0.1) is 5.82 Å². The number of methoxy groups -OCH3 is 1. The molecule has 0 aromatic heterocycles. The number of aliphatic hydroxyl groups is 1. The molecule has 0 spiro atoms. The molecule has 0 aliphatic carbocycles. The van der Waals surface area contributed by atoms with Crippen molar-refractivity contribution >= 4 is 6.09 Å². The summed E-state index contributed by atoms with van der Waals surface area (Å²) in [7, 11) is 1.36. The second kappa shape index (κ2) is 10.3. The molecule has 194 valence electrons. The molecule has 1 aliphatic heterocycles. The molecule has 1 unspecified atom stereocenters. The van der Waals surface area contributed by atoms with E-state index in [1.54, 1.807) is 20.8 Å². The number of hydrogen-bond acceptors (Lipinski definition) is 5. The van der Waals surface area contributed by atoms with Gasteiger partial charge in [-0.1, -0.05) is 13.8 Å². The predicted molar refractivity (Wildman–Crippen MR) is 120 cm³/mol. The number of hydrogen-bond donors (Lipinski definition) is 1. The molecule has 0 bridgehead atoms. The third kappa shape index (κ3) is 7.21. The van der Waals surface area contributed by atoms with Crippen LogP contribution in [0.4, 0.5) is 22.4 Å². The van der Waals surface area contributed by atoms with Crippen LogP contribution in [-0.4, -0.2) is 78.2 Å². The van der Waals surface area contributed by atoms with Crippen molar-refractivity contribution < 1.29 is 36.9 Å². The Bertz CT molecular complexity index is 854. The van der Waals surface area contributed by atoms with Crippen molar-refractivity contribution in [1.29, 1.82) is 0 Å². The molecular formula is C24H36F4N2O4. The van der Waals surface area contributed by atoms with E-state index >= 15 is 0 Å². The molecule has 1 fully saturated rings. The first-order valence-electron chi connectivity index (χ1n) is 11.3. The van der Waals surface area contributed by atoms with E-state index in [9.17, 15) is 27.5 Å². The van der Waals surface area contributed by atoms with Gasteiger partial charge in [0.05, 0.1) is 7.11 Å². The number of amides is 1. The minimum Gasteiger partial charge on any atom is -0.496 e. The molecule has 34 heavy (non-hydrogen) atoms. The fraction of sp³-hybridized carbons (Fsp3) is 0.708. The van der Waals surface area contributed by atoms with Gasteiger partial charge in [-0.2, -0.15) is 13.2 Å². The summed E-state index contributed by atoms with van der Waals surface area (Å²) in [5.41, 5.74) is -4.76. The molecule has 1 aromatic rings. The van der Waals surface area contributed by atoms with Gasteiger partial charge >= 0.3 is 12.3 Å². The number of carbonyl (C=O) groups is 1. The summed E-state index contributed by atoms with van der Waals surface area (Å²) in [6.45, 7) is 8.57. The Hall–Kier alpha value is -2.07. The summed E-state index contributed by atoms with van der Waals surface area (Å²) in [6, 6.07) is 3.67. The summed E-state index contributed by atoms with van der Waals surface area (Å²) in [6.07, 6.45) is -5.70. The third-order valence-corrected chi connectivity index (χ3v) is 5.88. The number of halogens is 4. The van der Waals surface area contributed by atoms with E-state index in [2.05, 4.69) is 0 Å². The van der Waals surface area contributed by atoms with Crippen LogP contribution in [0.5, 0.6) is 5.75 Å². The molecule has 6 nitrogen and oxygen atoms in total. The average Bonchev–Trinajstić information content (AvgIpc) is 2.91. The lowest BCUT2D eigenvalue weighted by Gasteiger charge is -2.41. The molecule has 1 amide bonds. The smallest absolute Gasteiger partial charge is 0.418 e. The number of nitrogens with zero attached hydrogens (tertiary/aromatic N) is 2. The van der Waals surface area contributed by atoms with E-state index in [1.807, 2.05) is 0 Å². The molecule has 2 rings (SSSR count).